The molecular weight excluding hydrogens is 311 g/mol. The van der Waals surface area contributed by atoms with E-state index in [1.165, 1.54) is 4.90 Å². The first kappa shape index (κ1) is 17.0. The lowest BCUT2D eigenvalue weighted by molar-refractivity contribution is 0.0805. The van der Waals surface area contributed by atoms with E-state index < -0.39 is 12.3 Å². The van der Waals surface area contributed by atoms with Gasteiger partial charge in [0.1, 0.15) is 5.82 Å². The van der Waals surface area contributed by atoms with Crippen LogP contribution in [-0.2, 0) is 6.54 Å². The number of hydrogen-bond acceptors (Lipinski definition) is 4. The van der Waals surface area contributed by atoms with E-state index in [0.29, 0.717) is 13.1 Å². The van der Waals surface area contributed by atoms with Crippen molar-refractivity contribution in [2.24, 2.45) is 0 Å². The Morgan fingerprint density at radius 3 is 2.79 bits per heavy atom. The molecule has 0 bridgehead atoms. The average molecular weight is 336 g/mol. The fraction of sp³-hybridized carbons (Fsp3) is 0.647. The molecule has 2 aliphatic rings. The molecule has 1 aromatic heterocycles. The second kappa shape index (κ2) is 6.93. The molecule has 0 saturated carbocycles. The summed E-state index contributed by atoms with van der Waals surface area (Å²) in [5.74, 6) is 0.935. The lowest BCUT2D eigenvalue weighted by Gasteiger charge is -2.22. The number of aromatic nitrogens is 1. The molecule has 2 amide bonds. The van der Waals surface area contributed by atoms with E-state index >= 15 is 0 Å². The van der Waals surface area contributed by atoms with E-state index in [2.05, 4.69) is 15.2 Å². The molecule has 2 N–H and O–H groups in total. The third-order valence-electron chi connectivity index (χ3n) is 4.81. The van der Waals surface area contributed by atoms with Crippen molar-refractivity contribution in [2.75, 3.05) is 37.7 Å². The highest BCUT2D eigenvalue weighted by Crippen LogP contribution is 2.26. The maximum absolute atomic E-state index is 14.0. The molecule has 1 aromatic rings. The van der Waals surface area contributed by atoms with Gasteiger partial charge in [-0.1, -0.05) is 6.07 Å². The number of rotatable bonds is 4. The molecule has 6 nitrogen and oxygen atoms in total. The Morgan fingerprint density at radius 2 is 2.12 bits per heavy atom. The van der Waals surface area contributed by atoms with Gasteiger partial charge in [0.2, 0.25) is 0 Å². The second-order valence-corrected chi connectivity index (χ2v) is 6.77. The van der Waals surface area contributed by atoms with Crippen LogP contribution in [-0.4, -0.2) is 59.5 Å². The number of anilines is 1. The lowest BCUT2D eigenvalue weighted by Crippen LogP contribution is -2.41. The van der Waals surface area contributed by atoms with Crippen LogP contribution in [0.4, 0.5) is 15.0 Å². The first-order chi connectivity index (χ1) is 11.5. The molecule has 2 fully saturated rings. The molecule has 132 valence electrons. The maximum Gasteiger partial charge on any atom is 0.317 e. The first-order valence-electron chi connectivity index (χ1n) is 8.55. The number of nitrogens with one attached hydrogen (secondary N) is 1. The van der Waals surface area contributed by atoms with Gasteiger partial charge >= 0.3 is 6.03 Å². The average Bonchev–Trinajstić information content (AvgIpc) is 3.23. The molecule has 2 aliphatic heterocycles. The molecule has 1 unspecified atom stereocenters. The summed E-state index contributed by atoms with van der Waals surface area (Å²) in [7, 11) is 0. The number of carbonyl (C=O) groups excluding carboxylic acids is 1. The molecule has 2 saturated heterocycles. The largest absolute Gasteiger partial charge is 0.393 e. The Balaban J connectivity index is 1.63. The predicted octanol–water partition coefficient (Wildman–Crippen LogP) is 1.61. The molecule has 0 aliphatic carbocycles. The van der Waals surface area contributed by atoms with E-state index in [1.54, 1.807) is 0 Å². The minimum atomic E-state index is -1.66. The second-order valence-electron chi connectivity index (χ2n) is 6.77. The fourth-order valence-electron chi connectivity index (χ4n) is 3.33. The van der Waals surface area contributed by atoms with Gasteiger partial charge in [0, 0.05) is 43.9 Å². The van der Waals surface area contributed by atoms with Crippen LogP contribution in [0.5, 0.6) is 0 Å². The van der Waals surface area contributed by atoms with Crippen molar-refractivity contribution in [1.29, 1.82) is 0 Å². The van der Waals surface area contributed by atoms with Crippen LogP contribution in [0.25, 0.3) is 0 Å². The minimum Gasteiger partial charge on any atom is -0.393 e. The Kier molecular flexibility index (Phi) is 4.89. The molecule has 24 heavy (non-hydrogen) atoms. The number of pyridine rings is 1. The van der Waals surface area contributed by atoms with Crippen molar-refractivity contribution < 1.29 is 14.3 Å². The SMILES string of the molecule is Cc1ccc(CNC(=O)N2CCC(F)(CO)C2)c(N2CCCC2)n1. The summed E-state index contributed by atoms with van der Waals surface area (Å²) in [5, 5.41) is 11.9. The Labute approximate surface area is 141 Å². The summed E-state index contributed by atoms with van der Waals surface area (Å²) in [6.45, 7) is 4.04. The van der Waals surface area contributed by atoms with Gasteiger partial charge in [-0.2, -0.15) is 0 Å². The summed E-state index contributed by atoms with van der Waals surface area (Å²) in [5.41, 5.74) is 0.268. The molecule has 0 spiro atoms. The Bertz CT molecular complexity index is 606. The zero-order valence-corrected chi connectivity index (χ0v) is 14.1. The third kappa shape index (κ3) is 3.61. The number of aliphatic hydroxyl groups is 1. The normalized spacial score (nSPS) is 23.8. The number of nitrogens with zero attached hydrogens (tertiary/aromatic N) is 3. The Hall–Kier alpha value is -1.89. The number of amides is 2. The van der Waals surface area contributed by atoms with E-state index in [-0.39, 0.29) is 19.0 Å². The molecule has 3 rings (SSSR count). The van der Waals surface area contributed by atoms with E-state index in [1.807, 2.05) is 19.1 Å². The molecule has 7 heteroatoms. The van der Waals surface area contributed by atoms with Crippen LogP contribution in [0.1, 0.15) is 30.5 Å². The topological polar surface area (TPSA) is 68.7 Å². The number of aliphatic hydroxyl groups excluding tert-OH is 1. The number of halogens is 1. The maximum atomic E-state index is 14.0. The van der Waals surface area contributed by atoms with Crippen molar-refractivity contribution in [3.05, 3.63) is 23.4 Å². The van der Waals surface area contributed by atoms with Crippen molar-refractivity contribution in [2.45, 2.75) is 38.4 Å². The summed E-state index contributed by atoms with van der Waals surface area (Å²) >= 11 is 0. The first-order valence-corrected chi connectivity index (χ1v) is 8.55. The van der Waals surface area contributed by atoms with Gasteiger partial charge in [-0.25, -0.2) is 14.2 Å². The number of urea groups is 1. The van der Waals surface area contributed by atoms with Crippen LogP contribution in [0.15, 0.2) is 12.1 Å². The van der Waals surface area contributed by atoms with Gasteiger partial charge < -0.3 is 20.2 Å². The standard InChI is InChI=1S/C17H25FN4O2/c1-13-4-5-14(15(20-13)21-7-2-3-8-21)10-19-16(24)22-9-6-17(18,11-22)12-23/h4-5,23H,2-3,6-12H2,1H3,(H,19,24). The summed E-state index contributed by atoms with van der Waals surface area (Å²) < 4.78 is 14.0. The molecule has 0 radical (unpaired) electrons. The van der Waals surface area contributed by atoms with E-state index in [9.17, 15) is 9.18 Å². The van der Waals surface area contributed by atoms with Gasteiger partial charge in [-0.15, -0.1) is 0 Å². The molecule has 1 atom stereocenters. The van der Waals surface area contributed by atoms with Gasteiger partial charge in [-0.05, 0) is 25.8 Å². The highest BCUT2D eigenvalue weighted by Gasteiger charge is 2.39. The Morgan fingerprint density at radius 1 is 1.38 bits per heavy atom. The minimum absolute atomic E-state index is 0.0551. The summed E-state index contributed by atoms with van der Waals surface area (Å²) in [6, 6.07) is 3.64. The zero-order valence-electron chi connectivity index (χ0n) is 14.1. The molecule has 3 heterocycles. The summed E-state index contributed by atoms with van der Waals surface area (Å²) in [4.78, 5) is 20.6. The number of alkyl halides is 1. The number of likely N-dealkylation sites (tertiary alicyclic amines) is 1. The lowest BCUT2D eigenvalue weighted by atomic mass is 10.1. The quantitative estimate of drug-likeness (QED) is 0.876. The van der Waals surface area contributed by atoms with Gasteiger partial charge in [-0.3, -0.25) is 0 Å². The smallest absolute Gasteiger partial charge is 0.317 e. The predicted molar refractivity (Wildman–Crippen MR) is 89.8 cm³/mol. The van der Waals surface area contributed by atoms with E-state index in [0.717, 1.165) is 43.0 Å². The van der Waals surface area contributed by atoms with Gasteiger partial charge in [0.15, 0.2) is 5.67 Å². The van der Waals surface area contributed by atoms with Crippen LogP contribution in [0.2, 0.25) is 0 Å². The monoisotopic (exact) mass is 336 g/mol. The van der Waals surface area contributed by atoms with Crippen LogP contribution in [0, 0.1) is 6.92 Å². The van der Waals surface area contributed by atoms with E-state index in [4.69, 9.17) is 5.11 Å². The number of aryl methyl sites for hydroxylation is 1. The van der Waals surface area contributed by atoms with Gasteiger partial charge in [0.25, 0.3) is 0 Å². The van der Waals surface area contributed by atoms with Crippen molar-refractivity contribution >= 4 is 11.8 Å². The molecule has 0 aromatic carbocycles. The fourth-order valence-corrected chi connectivity index (χ4v) is 3.33. The van der Waals surface area contributed by atoms with Crippen LogP contribution in [0.3, 0.4) is 0 Å². The van der Waals surface area contributed by atoms with Crippen LogP contribution >= 0.6 is 0 Å². The number of hydrogen-bond donors (Lipinski definition) is 2. The van der Waals surface area contributed by atoms with Crippen molar-refractivity contribution in [1.82, 2.24) is 15.2 Å². The summed E-state index contributed by atoms with van der Waals surface area (Å²) in [6.07, 6.45) is 2.51. The van der Waals surface area contributed by atoms with Crippen molar-refractivity contribution in [3.63, 3.8) is 0 Å². The highest BCUT2D eigenvalue weighted by atomic mass is 19.1. The zero-order chi connectivity index (χ0) is 17.2. The third-order valence-corrected chi connectivity index (χ3v) is 4.81. The van der Waals surface area contributed by atoms with Crippen LogP contribution < -0.4 is 10.2 Å². The highest BCUT2D eigenvalue weighted by molar-refractivity contribution is 5.75. The number of carbonyl (C=O) groups is 1. The molecular formula is C17H25FN4O2. The van der Waals surface area contributed by atoms with Crippen molar-refractivity contribution in [3.8, 4) is 0 Å². The van der Waals surface area contributed by atoms with Gasteiger partial charge in [0.05, 0.1) is 13.2 Å².